The summed E-state index contributed by atoms with van der Waals surface area (Å²) in [4.78, 5) is 26.3. The van der Waals surface area contributed by atoms with Gasteiger partial charge in [-0.2, -0.15) is 0 Å². The Morgan fingerprint density at radius 1 is 1.00 bits per heavy atom. The Bertz CT molecular complexity index is 872. The zero-order valence-corrected chi connectivity index (χ0v) is 14.9. The molecule has 2 amide bonds. The van der Waals surface area contributed by atoms with Crippen LogP contribution >= 0.6 is 0 Å². The number of nitrogens with one attached hydrogen (secondary N) is 1. The van der Waals surface area contributed by atoms with Crippen LogP contribution in [0.5, 0.6) is 11.5 Å². The second kappa shape index (κ2) is 7.31. The fourth-order valence-corrected chi connectivity index (χ4v) is 2.77. The van der Waals surface area contributed by atoms with Gasteiger partial charge >= 0.3 is 0 Å². The summed E-state index contributed by atoms with van der Waals surface area (Å²) in [6.07, 6.45) is 0. The number of para-hydroxylation sites is 2. The standard InChI is InChI=1S/C20H20N2O4/c1-4-26-16-8-6-5-7-15(16)21-18-17(19(23)22(2)20(18)24)13-9-11-14(25-3)12-10-13/h5-12,21H,4H2,1-3H3. The van der Waals surface area contributed by atoms with Crippen molar-refractivity contribution in [3.63, 3.8) is 0 Å². The van der Waals surface area contributed by atoms with Crippen LogP contribution in [-0.2, 0) is 9.59 Å². The predicted molar refractivity (Wildman–Crippen MR) is 98.9 cm³/mol. The van der Waals surface area contributed by atoms with E-state index in [2.05, 4.69) is 5.32 Å². The van der Waals surface area contributed by atoms with Crippen LogP contribution in [0.4, 0.5) is 5.69 Å². The van der Waals surface area contributed by atoms with Crippen molar-refractivity contribution in [3.8, 4) is 11.5 Å². The third-order valence-electron chi connectivity index (χ3n) is 4.11. The number of imide groups is 1. The van der Waals surface area contributed by atoms with Gasteiger partial charge in [0.15, 0.2) is 0 Å². The summed E-state index contributed by atoms with van der Waals surface area (Å²) in [5.41, 5.74) is 1.83. The van der Waals surface area contributed by atoms with Gasteiger partial charge in [-0.25, -0.2) is 0 Å². The molecule has 0 aliphatic carbocycles. The number of ether oxygens (including phenoxy) is 2. The smallest absolute Gasteiger partial charge is 0.277 e. The monoisotopic (exact) mass is 352 g/mol. The normalized spacial score (nSPS) is 14.0. The summed E-state index contributed by atoms with van der Waals surface area (Å²) in [6, 6.07) is 14.3. The van der Waals surface area contributed by atoms with Crippen molar-refractivity contribution in [2.75, 3.05) is 26.1 Å². The molecule has 0 atom stereocenters. The quantitative estimate of drug-likeness (QED) is 0.810. The molecule has 26 heavy (non-hydrogen) atoms. The third-order valence-corrected chi connectivity index (χ3v) is 4.11. The number of anilines is 1. The van der Waals surface area contributed by atoms with Crippen LogP contribution in [0, 0.1) is 0 Å². The molecule has 0 radical (unpaired) electrons. The molecule has 1 aliphatic heterocycles. The molecule has 0 spiro atoms. The molecule has 2 aromatic rings. The molecule has 2 aromatic carbocycles. The highest BCUT2D eigenvalue weighted by atomic mass is 16.5. The number of carbonyl (C=O) groups excluding carboxylic acids is 2. The van der Waals surface area contributed by atoms with Gasteiger partial charge in [-0.1, -0.05) is 24.3 Å². The lowest BCUT2D eigenvalue weighted by molar-refractivity contribution is -0.135. The second-order valence-electron chi connectivity index (χ2n) is 5.70. The molecule has 0 saturated heterocycles. The van der Waals surface area contributed by atoms with Gasteiger partial charge < -0.3 is 14.8 Å². The molecule has 0 fully saturated rings. The maximum Gasteiger partial charge on any atom is 0.277 e. The van der Waals surface area contributed by atoms with Crippen molar-refractivity contribution in [1.82, 2.24) is 4.90 Å². The van der Waals surface area contributed by atoms with E-state index in [1.54, 1.807) is 37.4 Å². The molecule has 0 saturated carbocycles. The summed E-state index contributed by atoms with van der Waals surface area (Å²) in [5, 5.41) is 3.09. The number of carbonyl (C=O) groups is 2. The molecule has 0 aromatic heterocycles. The molecule has 6 nitrogen and oxygen atoms in total. The highest BCUT2D eigenvalue weighted by molar-refractivity contribution is 6.36. The van der Waals surface area contributed by atoms with E-state index in [1.807, 2.05) is 25.1 Å². The van der Waals surface area contributed by atoms with Gasteiger partial charge in [-0.15, -0.1) is 0 Å². The lowest BCUT2D eigenvalue weighted by atomic mass is 10.0. The minimum absolute atomic E-state index is 0.231. The minimum Gasteiger partial charge on any atom is -0.497 e. The maximum absolute atomic E-state index is 12.6. The fraction of sp³-hybridized carbons (Fsp3) is 0.200. The van der Waals surface area contributed by atoms with Gasteiger partial charge in [0.05, 0.1) is 25.0 Å². The number of nitrogens with zero attached hydrogens (tertiary/aromatic N) is 1. The molecule has 134 valence electrons. The van der Waals surface area contributed by atoms with Crippen molar-refractivity contribution in [2.24, 2.45) is 0 Å². The van der Waals surface area contributed by atoms with Gasteiger partial charge in [-0.05, 0) is 36.8 Å². The molecule has 1 aliphatic rings. The van der Waals surface area contributed by atoms with E-state index < -0.39 is 0 Å². The summed E-state index contributed by atoms with van der Waals surface area (Å²) in [5.74, 6) is 0.561. The fourth-order valence-electron chi connectivity index (χ4n) is 2.77. The third kappa shape index (κ3) is 3.13. The minimum atomic E-state index is -0.382. The van der Waals surface area contributed by atoms with E-state index in [1.165, 1.54) is 7.05 Å². The van der Waals surface area contributed by atoms with Gasteiger partial charge in [0.25, 0.3) is 11.8 Å². The summed E-state index contributed by atoms with van der Waals surface area (Å²) >= 11 is 0. The van der Waals surface area contributed by atoms with E-state index in [-0.39, 0.29) is 17.5 Å². The van der Waals surface area contributed by atoms with Crippen LogP contribution in [0.1, 0.15) is 12.5 Å². The number of hydrogen-bond acceptors (Lipinski definition) is 5. The van der Waals surface area contributed by atoms with E-state index >= 15 is 0 Å². The van der Waals surface area contributed by atoms with Crippen LogP contribution in [-0.4, -0.2) is 37.5 Å². The number of benzene rings is 2. The first-order valence-electron chi connectivity index (χ1n) is 8.26. The Hall–Kier alpha value is -3.28. The second-order valence-corrected chi connectivity index (χ2v) is 5.70. The molecule has 3 rings (SSSR count). The van der Waals surface area contributed by atoms with Crippen LogP contribution in [0.3, 0.4) is 0 Å². The van der Waals surface area contributed by atoms with Gasteiger partial charge in [0, 0.05) is 7.05 Å². The lowest BCUT2D eigenvalue weighted by Crippen LogP contribution is -2.28. The van der Waals surface area contributed by atoms with E-state index in [0.29, 0.717) is 34.9 Å². The molecule has 0 bridgehead atoms. The first-order chi connectivity index (χ1) is 12.6. The van der Waals surface area contributed by atoms with Crippen LogP contribution < -0.4 is 14.8 Å². The Kier molecular flexibility index (Phi) is 4.93. The number of methoxy groups -OCH3 is 1. The Balaban J connectivity index is 2.06. The lowest BCUT2D eigenvalue weighted by Gasteiger charge is -2.13. The summed E-state index contributed by atoms with van der Waals surface area (Å²) < 4.78 is 10.8. The van der Waals surface area contributed by atoms with Gasteiger partial charge in [0.1, 0.15) is 17.2 Å². The largest absolute Gasteiger partial charge is 0.497 e. The molecule has 1 heterocycles. The van der Waals surface area contributed by atoms with E-state index in [9.17, 15) is 9.59 Å². The van der Waals surface area contributed by atoms with Crippen LogP contribution in [0.25, 0.3) is 5.57 Å². The number of rotatable bonds is 6. The average molecular weight is 352 g/mol. The van der Waals surface area contributed by atoms with Crippen molar-refractivity contribution in [3.05, 3.63) is 59.8 Å². The Labute approximate surface area is 152 Å². The molecule has 1 N–H and O–H groups in total. The SMILES string of the molecule is CCOc1ccccc1NC1=C(c2ccc(OC)cc2)C(=O)N(C)C1=O. The average Bonchev–Trinajstić information content (AvgIpc) is 2.87. The van der Waals surface area contributed by atoms with E-state index in [4.69, 9.17) is 9.47 Å². The zero-order valence-electron chi connectivity index (χ0n) is 14.9. The Morgan fingerprint density at radius 2 is 1.69 bits per heavy atom. The summed E-state index contributed by atoms with van der Waals surface area (Å²) in [6.45, 7) is 2.38. The molecular formula is C20H20N2O4. The highest BCUT2D eigenvalue weighted by Crippen LogP contribution is 2.33. The number of amides is 2. The first-order valence-corrected chi connectivity index (χ1v) is 8.26. The van der Waals surface area contributed by atoms with Crippen molar-refractivity contribution in [2.45, 2.75) is 6.92 Å². The molecule has 6 heteroatoms. The van der Waals surface area contributed by atoms with Gasteiger partial charge in [-0.3, -0.25) is 14.5 Å². The van der Waals surface area contributed by atoms with Crippen molar-refractivity contribution >= 4 is 23.1 Å². The highest BCUT2D eigenvalue weighted by Gasteiger charge is 2.37. The maximum atomic E-state index is 12.6. The molecular weight excluding hydrogens is 332 g/mol. The number of likely N-dealkylation sites (N-methyl/N-ethyl adjacent to an activating group) is 1. The first kappa shape index (κ1) is 17.5. The summed E-state index contributed by atoms with van der Waals surface area (Å²) in [7, 11) is 3.04. The van der Waals surface area contributed by atoms with Gasteiger partial charge in [0.2, 0.25) is 0 Å². The Morgan fingerprint density at radius 3 is 2.35 bits per heavy atom. The predicted octanol–water partition coefficient (Wildman–Crippen LogP) is 2.92. The van der Waals surface area contributed by atoms with Crippen LogP contribution in [0.15, 0.2) is 54.2 Å². The zero-order chi connectivity index (χ0) is 18.7. The van der Waals surface area contributed by atoms with Crippen molar-refractivity contribution < 1.29 is 19.1 Å². The molecule has 0 unspecified atom stereocenters. The van der Waals surface area contributed by atoms with Crippen molar-refractivity contribution in [1.29, 1.82) is 0 Å². The number of hydrogen-bond donors (Lipinski definition) is 1. The van der Waals surface area contributed by atoms with Crippen LogP contribution in [0.2, 0.25) is 0 Å². The van der Waals surface area contributed by atoms with E-state index in [0.717, 1.165) is 4.90 Å². The topological polar surface area (TPSA) is 67.9 Å².